The number of carbonyl (C=O) groups excluding carboxylic acids is 1. The van der Waals surface area contributed by atoms with Gasteiger partial charge in [0.1, 0.15) is 0 Å². The van der Waals surface area contributed by atoms with Crippen molar-refractivity contribution in [3.8, 4) is 5.69 Å². The van der Waals surface area contributed by atoms with E-state index >= 15 is 0 Å². The first-order valence-electron chi connectivity index (χ1n) is 12.6. The third-order valence-corrected chi connectivity index (χ3v) is 8.54. The second kappa shape index (κ2) is 11.8. The molecule has 5 aromatic rings. The SMILES string of the molecule is Cc1ccc(Cl)cc1N(Cc1ccc(C(=O)NCc2ccccc2-n2ccnc2)cc1)S(=O)(=O)c1ccccc1. The highest BCUT2D eigenvalue weighted by Crippen LogP contribution is 2.31. The number of anilines is 1. The molecule has 5 rings (SSSR count). The fourth-order valence-corrected chi connectivity index (χ4v) is 6.09. The summed E-state index contributed by atoms with van der Waals surface area (Å²) < 4.78 is 30.7. The molecule has 1 N–H and O–H groups in total. The summed E-state index contributed by atoms with van der Waals surface area (Å²) in [6.07, 6.45) is 5.27. The minimum Gasteiger partial charge on any atom is -0.348 e. The van der Waals surface area contributed by atoms with Crippen LogP contribution < -0.4 is 9.62 Å². The molecule has 202 valence electrons. The van der Waals surface area contributed by atoms with E-state index in [1.54, 1.807) is 85.3 Å². The maximum absolute atomic E-state index is 13.7. The van der Waals surface area contributed by atoms with E-state index in [0.717, 1.165) is 22.4 Å². The molecule has 0 unspecified atom stereocenters. The number of aromatic nitrogens is 2. The van der Waals surface area contributed by atoms with Crippen LogP contribution >= 0.6 is 11.6 Å². The molecule has 1 heterocycles. The lowest BCUT2D eigenvalue weighted by atomic mass is 10.1. The van der Waals surface area contributed by atoms with E-state index in [1.807, 2.05) is 42.0 Å². The second-order valence-corrected chi connectivity index (χ2v) is 11.5. The topological polar surface area (TPSA) is 84.3 Å². The quantitative estimate of drug-likeness (QED) is 0.230. The zero-order valence-electron chi connectivity index (χ0n) is 21.7. The fraction of sp³-hybridized carbons (Fsp3) is 0.0968. The number of aryl methyl sites for hydroxylation is 1. The smallest absolute Gasteiger partial charge is 0.264 e. The number of benzene rings is 4. The van der Waals surface area contributed by atoms with Gasteiger partial charge in [0.15, 0.2) is 0 Å². The predicted octanol–water partition coefficient (Wildman–Crippen LogP) is 6.16. The molecule has 40 heavy (non-hydrogen) atoms. The van der Waals surface area contributed by atoms with E-state index in [2.05, 4.69) is 10.3 Å². The fourth-order valence-electron chi connectivity index (χ4n) is 4.39. The molecule has 7 nitrogen and oxygen atoms in total. The van der Waals surface area contributed by atoms with Gasteiger partial charge in [-0.2, -0.15) is 0 Å². The number of carbonyl (C=O) groups is 1. The molecular formula is C31H27ClN4O3S. The van der Waals surface area contributed by atoms with Crippen molar-refractivity contribution in [1.82, 2.24) is 14.9 Å². The van der Waals surface area contributed by atoms with Crippen molar-refractivity contribution >= 4 is 33.2 Å². The van der Waals surface area contributed by atoms with Crippen molar-refractivity contribution < 1.29 is 13.2 Å². The van der Waals surface area contributed by atoms with Crippen LogP contribution in [0.1, 0.15) is 27.0 Å². The second-order valence-electron chi connectivity index (χ2n) is 9.23. The third kappa shape index (κ3) is 5.93. The molecule has 0 radical (unpaired) electrons. The molecule has 0 aliphatic rings. The van der Waals surface area contributed by atoms with Gasteiger partial charge in [-0.05, 0) is 66.1 Å². The van der Waals surface area contributed by atoms with Crippen LogP contribution in [-0.2, 0) is 23.1 Å². The number of hydrogen-bond acceptors (Lipinski definition) is 4. The highest BCUT2D eigenvalue weighted by Gasteiger charge is 2.26. The summed E-state index contributed by atoms with van der Waals surface area (Å²) in [6.45, 7) is 2.25. The van der Waals surface area contributed by atoms with Crippen LogP contribution in [0.2, 0.25) is 5.02 Å². The van der Waals surface area contributed by atoms with Gasteiger partial charge >= 0.3 is 0 Å². The minimum absolute atomic E-state index is 0.0680. The van der Waals surface area contributed by atoms with Crippen molar-refractivity contribution in [2.75, 3.05) is 4.31 Å². The normalized spacial score (nSPS) is 11.2. The van der Waals surface area contributed by atoms with Crippen LogP contribution in [0.15, 0.2) is 121 Å². The van der Waals surface area contributed by atoms with Gasteiger partial charge in [-0.1, -0.05) is 66.2 Å². The van der Waals surface area contributed by atoms with E-state index in [-0.39, 0.29) is 17.3 Å². The summed E-state index contributed by atoms with van der Waals surface area (Å²) in [6, 6.07) is 28.2. The molecular weight excluding hydrogens is 544 g/mol. The first kappa shape index (κ1) is 27.2. The molecule has 0 saturated heterocycles. The zero-order chi connectivity index (χ0) is 28.1. The molecule has 0 aliphatic heterocycles. The molecule has 4 aromatic carbocycles. The number of hydrogen-bond donors (Lipinski definition) is 1. The number of para-hydroxylation sites is 1. The standard InChI is InChI=1S/C31H27ClN4O3S/c1-23-11-16-27(32)19-30(23)36(40(38,39)28-8-3-2-4-9-28)21-24-12-14-25(15-13-24)31(37)34-20-26-7-5-6-10-29(26)35-18-17-33-22-35/h2-19,22H,20-21H2,1H3,(H,34,37). The van der Waals surface area contributed by atoms with Gasteiger partial charge in [-0.3, -0.25) is 9.10 Å². The molecule has 1 amide bonds. The maximum Gasteiger partial charge on any atom is 0.264 e. The van der Waals surface area contributed by atoms with Gasteiger partial charge in [0.05, 0.1) is 29.1 Å². The molecule has 0 saturated carbocycles. The average molecular weight is 571 g/mol. The van der Waals surface area contributed by atoms with Crippen LogP contribution in [0.3, 0.4) is 0 Å². The molecule has 0 aliphatic carbocycles. The summed E-state index contributed by atoms with van der Waals surface area (Å²) in [5.41, 5.74) is 4.35. The lowest BCUT2D eigenvalue weighted by molar-refractivity contribution is 0.0951. The number of halogens is 1. The van der Waals surface area contributed by atoms with E-state index in [9.17, 15) is 13.2 Å². The Morgan fingerprint density at radius 1 is 0.950 bits per heavy atom. The minimum atomic E-state index is -3.89. The summed E-state index contributed by atoms with van der Waals surface area (Å²) in [7, 11) is -3.89. The van der Waals surface area contributed by atoms with E-state index in [0.29, 0.717) is 22.8 Å². The highest BCUT2D eigenvalue weighted by atomic mass is 35.5. The van der Waals surface area contributed by atoms with Crippen molar-refractivity contribution in [3.05, 3.63) is 143 Å². The Morgan fingerprint density at radius 3 is 2.40 bits per heavy atom. The lowest BCUT2D eigenvalue weighted by Crippen LogP contribution is -2.31. The van der Waals surface area contributed by atoms with Crippen molar-refractivity contribution in [1.29, 1.82) is 0 Å². The Labute approximate surface area is 238 Å². The third-order valence-electron chi connectivity index (χ3n) is 6.53. The summed E-state index contributed by atoms with van der Waals surface area (Å²) >= 11 is 6.26. The Bertz CT molecular complexity index is 1720. The number of sulfonamides is 1. The van der Waals surface area contributed by atoms with E-state index < -0.39 is 10.0 Å². The zero-order valence-corrected chi connectivity index (χ0v) is 23.3. The largest absolute Gasteiger partial charge is 0.348 e. The van der Waals surface area contributed by atoms with Crippen molar-refractivity contribution in [3.63, 3.8) is 0 Å². The molecule has 9 heteroatoms. The van der Waals surface area contributed by atoms with E-state index in [1.165, 1.54) is 4.31 Å². The Hall–Kier alpha value is -4.40. The van der Waals surface area contributed by atoms with Crippen LogP contribution in [0.4, 0.5) is 5.69 Å². The summed E-state index contributed by atoms with van der Waals surface area (Å²) in [5.74, 6) is -0.230. The number of rotatable bonds is 9. The van der Waals surface area contributed by atoms with Crippen LogP contribution in [0.25, 0.3) is 5.69 Å². The van der Waals surface area contributed by atoms with Gasteiger partial charge < -0.3 is 9.88 Å². The Kier molecular flexibility index (Phi) is 8.00. The maximum atomic E-state index is 13.7. The molecule has 1 aromatic heterocycles. The van der Waals surface area contributed by atoms with Crippen molar-refractivity contribution in [2.45, 2.75) is 24.9 Å². The Balaban J connectivity index is 1.36. The molecule has 0 atom stereocenters. The molecule has 0 fully saturated rings. The average Bonchev–Trinajstić information content (AvgIpc) is 3.52. The number of nitrogens with zero attached hydrogens (tertiary/aromatic N) is 3. The van der Waals surface area contributed by atoms with E-state index in [4.69, 9.17) is 11.6 Å². The summed E-state index contributed by atoms with van der Waals surface area (Å²) in [5, 5.41) is 3.41. The first-order chi connectivity index (χ1) is 19.3. The highest BCUT2D eigenvalue weighted by molar-refractivity contribution is 7.92. The van der Waals surface area contributed by atoms with Crippen molar-refractivity contribution in [2.24, 2.45) is 0 Å². The molecule has 0 spiro atoms. The van der Waals surface area contributed by atoms with Crippen LogP contribution in [-0.4, -0.2) is 23.9 Å². The number of imidazole rings is 1. The number of nitrogens with one attached hydrogen (secondary N) is 1. The van der Waals surface area contributed by atoms with Crippen LogP contribution in [0.5, 0.6) is 0 Å². The van der Waals surface area contributed by atoms with Gasteiger partial charge in [-0.25, -0.2) is 13.4 Å². The van der Waals surface area contributed by atoms with Crippen LogP contribution in [0, 0.1) is 6.92 Å². The van der Waals surface area contributed by atoms with Gasteiger partial charge in [0.2, 0.25) is 0 Å². The van der Waals surface area contributed by atoms with Gasteiger partial charge in [-0.15, -0.1) is 0 Å². The molecule has 0 bridgehead atoms. The number of amides is 1. The van der Waals surface area contributed by atoms with Gasteiger partial charge in [0.25, 0.3) is 15.9 Å². The van der Waals surface area contributed by atoms with Gasteiger partial charge in [0, 0.05) is 29.5 Å². The Morgan fingerprint density at radius 2 is 1.68 bits per heavy atom. The lowest BCUT2D eigenvalue weighted by Gasteiger charge is -2.26. The predicted molar refractivity (Wildman–Crippen MR) is 157 cm³/mol. The monoisotopic (exact) mass is 570 g/mol. The first-order valence-corrected chi connectivity index (χ1v) is 14.4. The summed E-state index contributed by atoms with van der Waals surface area (Å²) in [4.78, 5) is 17.2.